The monoisotopic (exact) mass is 283 g/mol. The van der Waals surface area contributed by atoms with Crippen LogP contribution >= 0.6 is 0 Å². The van der Waals surface area contributed by atoms with E-state index in [1.54, 1.807) is 44.3 Å². The topological polar surface area (TPSA) is 87.8 Å². The van der Waals surface area contributed by atoms with Crippen molar-refractivity contribution in [3.05, 3.63) is 57.6 Å². The Labute approximate surface area is 119 Å². The molecule has 0 aliphatic heterocycles. The van der Waals surface area contributed by atoms with Crippen LogP contribution in [0.5, 0.6) is 5.75 Å². The Morgan fingerprint density at radius 2 is 2.05 bits per heavy atom. The van der Waals surface area contributed by atoms with Gasteiger partial charge in [-0.2, -0.15) is 5.10 Å². The number of H-pyrrole nitrogens is 2. The van der Waals surface area contributed by atoms with Crippen LogP contribution in [-0.4, -0.2) is 21.2 Å². The summed E-state index contributed by atoms with van der Waals surface area (Å²) in [6.45, 7) is 3.46. The first-order chi connectivity index (χ1) is 10.0. The summed E-state index contributed by atoms with van der Waals surface area (Å²) in [6.07, 6.45) is 1.68. The zero-order valence-electron chi connectivity index (χ0n) is 11.6. The van der Waals surface area contributed by atoms with Crippen molar-refractivity contribution in [2.24, 2.45) is 0 Å². The average molecular weight is 283 g/mol. The Morgan fingerprint density at radius 3 is 2.81 bits per heavy atom. The highest BCUT2D eigenvalue weighted by Gasteiger charge is 2.17. The number of carbonyl (C=O) groups excluding carboxylic acids is 1. The fraction of sp³-hybridized carbons (Fsp3) is 0.133. The molecule has 0 fully saturated rings. The second kappa shape index (κ2) is 4.90. The van der Waals surface area contributed by atoms with Crippen molar-refractivity contribution in [3.63, 3.8) is 0 Å². The maximum Gasteiger partial charge on any atom is 0.349 e. The molecule has 0 saturated carbocycles. The molecule has 0 spiro atoms. The third-order valence-corrected chi connectivity index (χ3v) is 3.19. The summed E-state index contributed by atoms with van der Waals surface area (Å²) >= 11 is 0. The molecular formula is C15H13N3O3. The van der Waals surface area contributed by atoms with Gasteiger partial charge in [-0.15, -0.1) is 0 Å². The van der Waals surface area contributed by atoms with Crippen molar-refractivity contribution in [2.75, 3.05) is 0 Å². The van der Waals surface area contributed by atoms with Crippen LogP contribution in [0.4, 0.5) is 0 Å². The number of benzene rings is 1. The summed E-state index contributed by atoms with van der Waals surface area (Å²) in [5, 5.41) is 7.61. The number of pyridine rings is 1. The van der Waals surface area contributed by atoms with E-state index in [0.717, 1.165) is 10.9 Å². The molecule has 106 valence electrons. The lowest BCUT2D eigenvalue weighted by Gasteiger charge is -2.07. The number of aryl methyl sites for hydroxylation is 2. The summed E-state index contributed by atoms with van der Waals surface area (Å²) in [7, 11) is 0. The number of hydrogen-bond acceptors (Lipinski definition) is 4. The highest BCUT2D eigenvalue weighted by atomic mass is 16.5. The predicted octanol–water partition coefficient (Wildman–Crippen LogP) is 2.09. The summed E-state index contributed by atoms with van der Waals surface area (Å²) in [5.74, 6) is -0.316. The number of hydrogen-bond donors (Lipinski definition) is 2. The first-order valence-electron chi connectivity index (χ1n) is 6.40. The fourth-order valence-electron chi connectivity index (χ4n) is 2.25. The third kappa shape index (κ3) is 2.43. The van der Waals surface area contributed by atoms with Crippen molar-refractivity contribution in [3.8, 4) is 5.75 Å². The van der Waals surface area contributed by atoms with Gasteiger partial charge in [0.2, 0.25) is 0 Å². The molecule has 0 amide bonds. The van der Waals surface area contributed by atoms with E-state index in [9.17, 15) is 9.59 Å². The number of nitrogens with zero attached hydrogens (tertiary/aromatic N) is 1. The van der Waals surface area contributed by atoms with Crippen molar-refractivity contribution < 1.29 is 9.53 Å². The molecule has 2 heterocycles. The van der Waals surface area contributed by atoms with E-state index in [1.165, 1.54) is 0 Å². The quantitative estimate of drug-likeness (QED) is 0.557. The third-order valence-electron chi connectivity index (χ3n) is 3.19. The molecule has 2 aromatic heterocycles. The number of ether oxygens (including phenoxy) is 1. The molecule has 3 aromatic rings. The molecule has 1 aromatic carbocycles. The van der Waals surface area contributed by atoms with Crippen molar-refractivity contribution >= 4 is 16.9 Å². The van der Waals surface area contributed by atoms with Crippen molar-refractivity contribution in [1.29, 1.82) is 0 Å². The van der Waals surface area contributed by atoms with Gasteiger partial charge in [0.15, 0.2) is 0 Å². The molecule has 0 radical (unpaired) electrons. The highest BCUT2D eigenvalue weighted by Crippen LogP contribution is 2.19. The molecule has 0 atom stereocenters. The number of carbonyl (C=O) groups is 1. The van der Waals surface area contributed by atoms with Gasteiger partial charge in [-0.05, 0) is 37.6 Å². The molecule has 0 aliphatic carbocycles. The largest absolute Gasteiger partial charge is 0.423 e. The zero-order chi connectivity index (χ0) is 15.0. The van der Waals surface area contributed by atoms with Crippen LogP contribution < -0.4 is 10.3 Å². The Kier molecular flexibility index (Phi) is 3.06. The highest BCUT2D eigenvalue weighted by molar-refractivity contribution is 5.92. The van der Waals surface area contributed by atoms with Gasteiger partial charge in [0.25, 0.3) is 5.56 Å². The maximum atomic E-state index is 12.2. The molecule has 21 heavy (non-hydrogen) atoms. The van der Waals surface area contributed by atoms with Crippen LogP contribution in [0.15, 0.2) is 35.3 Å². The lowest BCUT2D eigenvalue weighted by molar-refractivity contribution is 0.0732. The smallest absolute Gasteiger partial charge is 0.349 e. The number of aromatic nitrogens is 3. The Morgan fingerprint density at radius 1 is 1.24 bits per heavy atom. The summed E-state index contributed by atoms with van der Waals surface area (Å²) < 4.78 is 5.27. The molecule has 2 N–H and O–H groups in total. The first kappa shape index (κ1) is 13.1. The number of esters is 1. The van der Waals surface area contributed by atoms with Gasteiger partial charge in [0, 0.05) is 17.1 Å². The normalized spacial score (nSPS) is 10.8. The van der Waals surface area contributed by atoms with Crippen LogP contribution in [0.25, 0.3) is 10.9 Å². The number of nitrogens with one attached hydrogen (secondary N) is 2. The van der Waals surface area contributed by atoms with Crippen LogP contribution in [0, 0.1) is 13.8 Å². The standard InChI is InChI=1S/C15H13N3O3/c1-8-5-9(2)17-14(19)13(8)15(20)21-11-4-3-10-7-16-18-12(10)6-11/h3-7H,1-2H3,(H,16,18)(H,17,19). The van der Waals surface area contributed by atoms with Crippen LogP contribution in [0.2, 0.25) is 0 Å². The van der Waals surface area contributed by atoms with Gasteiger partial charge in [-0.3, -0.25) is 9.89 Å². The van der Waals surface area contributed by atoms with Gasteiger partial charge in [0.1, 0.15) is 11.3 Å². The zero-order valence-corrected chi connectivity index (χ0v) is 11.6. The SMILES string of the molecule is Cc1cc(C)c(C(=O)Oc2ccc3cn[nH]c3c2)c(=O)[nH]1. The van der Waals surface area contributed by atoms with E-state index in [4.69, 9.17) is 4.74 Å². The Hall–Kier alpha value is -2.89. The maximum absolute atomic E-state index is 12.2. The van der Waals surface area contributed by atoms with Crippen molar-refractivity contribution in [2.45, 2.75) is 13.8 Å². The number of fused-ring (bicyclic) bond motifs is 1. The number of aromatic amines is 2. The second-order valence-corrected chi connectivity index (χ2v) is 4.85. The fourth-order valence-corrected chi connectivity index (χ4v) is 2.25. The van der Waals surface area contributed by atoms with Gasteiger partial charge >= 0.3 is 5.97 Å². The minimum Gasteiger partial charge on any atom is -0.423 e. The van der Waals surface area contributed by atoms with Crippen LogP contribution in [-0.2, 0) is 0 Å². The lowest BCUT2D eigenvalue weighted by atomic mass is 10.1. The van der Waals surface area contributed by atoms with E-state index in [0.29, 0.717) is 17.0 Å². The minimum atomic E-state index is -0.674. The molecule has 0 aliphatic rings. The lowest BCUT2D eigenvalue weighted by Crippen LogP contribution is -2.23. The van der Waals surface area contributed by atoms with E-state index in [-0.39, 0.29) is 5.56 Å². The molecule has 0 bridgehead atoms. The summed E-state index contributed by atoms with van der Waals surface area (Å²) in [6, 6.07) is 6.84. The minimum absolute atomic E-state index is 0.0188. The summed E-state index contributed by atoms with van der Waals surface area (Å²) in [5.41, 5.74) is 1.62. The van der Waals surface area contributed by atoms with Crippen LogP contribution in [0.3, 0.4) is 0 Å². The molecule has 6 heteroatoms. The Bertz CT molecular complexity index is 893. The molecular weight excluding hydrogens is 270 g/mol. The molecule has 0 unspecified atom stereocenters. The van der Waals surface area contributed by atoms with E-state index in [1.807, 2.05) is 0 Å². The van der Waals surface area contributed by atoms with Gasteiger partial charge in [-0.25, -0.2) is 4.79 Å². The van der Waals surface area contributed by atoms with E-state index < -0.39 is 11.5 Å². The molecule has 6 nitrogen and oxygen atoms in total. The predicted molar refractivity (Wildman–Crippen MR) is 77.6 cm³/mol. The van der Waals surface area contributed by atoms with Gasteiger partial charge < -0.3 is 9.72 Å². The average Bonchev–Trinajstić information content (AvgIpc) is 2.84. The van der Waals surface area contributed by atoms with E-state index >= 15 is 0 Å². The van der Waals surface area contributed by atoms with Gasteiger partial charge in [-0.1, -0.05) is 0 Å². The Balaban J connectivity index is 1.94. The molecule has 0 saturated heterocycles. The second-order valence-electron chi connectivity index (χ2n) is 4.85. The first-order valence-corrected chi connectivity index (χ1v) is 6.40. The van der Waals surface area contributed by atoms with Crippen LogP contribution in [0.1, 0.15) is 21.6 Å². The molecule has 3 rings (SSSR count). The summed E-state index contributed by atoms with van der Waals surface area (Å²) in [4.78, 5) is 26.7. The van der Waals surface area contributed by atoms with Gasteiger partial charge in [0.05, 0.1) is 11.7 Å². The number of rotatable bonds is 2. The van der Waals surface area contributed by atoms with Crippen molar-refractivity contribution in [1.82, 2.24) is 15.2 Å². The van der Waals surface area contributed by atoms with E-state index in [2.05, 4.69) is 15.2 Å².